The van der Waals surface area contributed by atoms with Crippen molar-refractivity contribution in [3.63, 3.8) is 0 Å². The lowest BCUT2D eigenvalue weighted by atomic mass is 9.84. The lowest BCUT2D eigenvalue weighted by Gasteiger charge is -2.20. The van der Waals surface area contributed by atoms with Crippen molar-refractivity contribution >= 4 is 17.1 Å². The smallest absolute Gasteiger partial charge is 0.205 e. The Morgan fingerprint density at radius 1 is 1.41 bits per heavy atom. The van der Waals surface area contributed by atoms with Crippen LogP contribution in [0.3, 0.4) is 0 Å². The predicted molar refractivity (Wildman–Crippen MR) is 67.8 cm³/mol. The molecule has 0 fully saturated rings. The van der Waals surface area contributed by atoms with Crippen LogP contribution in [0.5, 0.6) is 0 Å². The molecule has 3 rings (SSSR count). The molecule has 2 aromatic rings. The molecule has 0 spiro atoms. The van der Waals surface area contributed by atoms with Gasteiger partial charge in [0.15, 0.2) is 5.76 Å². The zero-order valence-corrected chi connectivity index (χ0v) is 10.5. The fraction of sp³-hybridized carbons (Fsp3) is 0.357. The van der Waals surface area contributed by atoms with Gasteiger partial charge in [0.1, 0.15) is 5.76 Å². The summed E-state index contributed by atoms with van der Waals surface area (Å²) in [4.78, 5) is 13.8. The van der Waals surface area contributed by atoms with Crippen molar-refractivity contribution in [3.05, 3.63) is 45.5 Å². The van der Waals surface area contributed by atoms with E-state index in [1.165, 1.54) is 10.4 Å². The van der Waals surface area contributed by atoms with Crippen molar-refractivity contribution in [2.75, 3.05) is 0 Å². The van der Waals surface area contributed by atoms with Gasteiger partial charge in [0.05, 0.1) is 5.92 Å². The summed E-state index contributed by atoms with van der Waals surface area (Å²) < 4.78 is 5.44. The van der Waals surface area contributed by atoms with Crippen LogP contribution in [0.1, 0.15) is 45.5 Å². The van der Waals surface area contributed by atoms with Crippen LogP contribution >= 0.6 is 11.3 Å². The molecule has 0 saturated heterocycles. The van der Waals surface area contributed by atoms with Crippen LogP contribution in [0.15, 0.2) is 28.0 Å². The summed E-state index contributed by atoms with van der Waals surface area (Å²) in [5.41, 5.74) is 1.22. The molecule has 0 N–H and O–H groups in total. The summed E-state index contributed by atoms with van der Waals surface area (Å²) in [5, 5.41) is 2.09. The van der Waals surface area contributed by atoms with Gasteiger partial charge in [-0.1, -0.05) is 0 Å². The Hall–Kier alpha value is -1.35. The van der Waals surface area contributed by atoms with Crippen LogP contribution in [0.2, 0.25) is 0 Å². The third kappa shape index (κ3) is 1.84. The lowest BCUT2D eigenvalue weighted by Crippen LogP contribution is -2.16. The highest BCUT2D eigenvalue weighted by molar-refractivity contribution is 7.10. The Morgan fingerprint density at radius 2 is 2.29 bits per heavy atom. The quantitative estimate of drug-likeness (QED) is 0.751. The van der Waals surface area contributed by atoms with Crippen LogP contribution in [0.25, 0.3) is 0 Å². The third-order valence-electron chi connectivity index (χ3n) is 3.35. The summed E-state index contributed by atoms with van der Waals surface area (Å²) in [6.45, 7) is 1.87. The highest BCUT2D eigenvalue weighted by atomic mass is 32.1. The van der Waals surface area contributed by atoms with E-state index in [9.17, 15) is 4.79 Å². The van der Waals surface area contributed by atoms with E-state index >= 15 is 0 Å². The Kier molecular flexibility index (Phi) is 2.63. The normalized spacial score (nSPS) is 19.0. The number of rotatable bonds is 2. The number of hydrogen-bond donors (Lipinski definition) is 0. The second-order valence-electron chi connectivity index (χ2n) is 4.52. The number of Topliss-reactive ketones (excluding diaryl/α,β-unsaturated/α-hetero) is 1. The Balaban J connectivity index is 1.94. The van der Waals surface area contributed by atoms with Crippen molar-refractivity contribution in [1.29, 1.82) is 0 Å². The van der Waals surface area contributed by atoms with Crippen LogP contribution in [-0.2, 0) is 6.42 Å². The van der Waals surface area contributed by atoms with Crippen molar-refractivity contribution < 1.29 is 9.21 Å². The molecule has 2 nitrogen and oxygen atoms in total. The van der Waals surface area contributed by atoms with Gasteiger partial charge in [-0.15, -0.1) is 11.3 Å². The average molecular weight is 246 g/mol. The first-order valence-electron chi connectivity index (χ1n) is 5.92. The number of aryl methyl sites for hydroxylation is 2. The van der Waals surface area contributed by atoms with Gasteiger partial charge in [0.2, 0.25) is 5.78 Å². The zero-order chi connectivity index (χ0) is 11.8. The molecule has 1 aliphatic carbocycles. The van der Waals surface area contributed by atoms with Gasteiger partial charge in [-0.3, -0.25) is 4.79 Å². The summed E-state index contributed by atoms with van der Waals surface area (Å²) in [6.07, 6.45) is 3.17. The highest BCUT2D eigenvalue weighted by Gasteiger charge is 2.29. The van der Waals surface area contributed by atoms with Crippen molar-refractivity contribution in [1.82, 2.24) is 0 Å². The Labute approximate surface area is 104 Å². The number of thiophene rings is 1. The fourth-order valence-corrected chi connectivity index (χ4v) is 3.48. The number of furan rings is 1. The summed E-state index contributed by atoms with van der Waals surface area (Å²) in [5.74, 6) is 1.45. The number of hydrogen-bond acceptors (Lipinski definition) is 3. The monoisotopic (exact) mass is 246 g/mol. The van der Waals surface area contributed by atoms with E-state index in [4.69, 9.17) is 4.42 Å². The zero-order valence-electron chi connectivity index (χ0n) is 9.73. The molecular weight excluding hydrogens is 232 g/mol. The number of fused-ring (bicyclic) bond motifs is 1. The first-order chi connectivity index (χ1) is 8.25. The molecule has 0 amide bonds. The third-order valence-corrected chi connectivity index (χ3v) is 4.35. The predicted octanol–water partition coefficient (Wildman–Crippen LogP) is 3.95. The lowest BCUT2D eigenvalue weighted by molar-refractivity contribution is 0.0922. The van der Waals surface area contributed by atoms with Crippen molar-refractivity contribution in [3.8, 4) is 0 Å². The molecule has 88 valence electrons. The average Bonchev–Trinajstić information content (AvgIpc) is 2.95. The maximum atomic E-state index is 12.4. The van der Waals surface area contributed by atoms with E-state index in [1.54, 1.807) is 17.4 Å². The molecule has 0 aliphatic heterocycles. The molecular formula is C14H14O2S. The minimum atomic E-state index is 0.00977. The van der Waals surface area contributed by atoms with Gasteiger partial charge < -0.3 is 4.42 Å². The van der Waals surface area contributed by atoms with Gasteiger partial charge in [-0.05, 0) is 55.3 Å². The molecule has 0 radical (unpaired) electrons. The topological polar surface area (TPSA) is 30.2 Å². The molecule has 0 bridgehead atoms. The van der Waals surface area contributed by atoms with Crippen LogP contribution in [0.4, 0.5) is 0 Å². The van der Waals surface area contributed by atoms with E-state index in [0.29, 0.717) is 5.76 Å². The second-order valence-corrected chi connectivity index (χ2v) is 5.52. The fourth-order valence-electron chi connectivity index (χ4n) is 2.50. The van der Waals surface area contributed by atoms with E-state index in [-0.39, 0.29) is 11.7 Å². The molecule has 1 atom stereocenters. The molecule has 1 aliphatic rings. The van der Waals surface area contributed by atoms with Crippen LogP contribution < -0.4 is 0 Å². The minimum absolute atomic E-state index is 0.00977. The Morgan fingerprint density at radius 3 is 3.06 bits per heavy atom. The van der Waals surface area contributed by atoms with E-state index < -0.39 is 0 Å². The molecule has 1 unspecified atom stereocenters. The maximum Gasteiger partial charge on any atom is 0.205 e. The van der Waals surface area contributed by atoms with Crippen molar-refractivity contribution in [2.24, 2.45) is 0 Å². The van der Waals surface area contributed by atoms with Gasteiger partial charge >= 0.3 is 0 Å². The number of ketones is 1. The van der Waals surface area contributed by atoms with Crippen LogP contribution in [0, 0.1) is 6.92 Å². The Bertz CT molecular complexity index is 550. The maximum absolute atomic E-state index is 12.4. The molecule has 0 saturated carbocycles. The molecule has 0 aromatic carbocycles. The van der Waals surface area contributed by atoms with E-state index in [0.717, 1.165) is 25.0 Å². The van der Waals surface area contributed by atoms with Gasteiger partial charge in [0.25, 0.3) is 0 Å². The largest absolute Gasteiger partial charge is 0.458 e. The highest BCUT2D eigenvalue weighted by Crippen LogP contribution is 2.37. The minimum Gasteiger partial charge on any atom is -0.458 e. The summed E-state index contributed by atoms with van der Waals surface area (Å²) in [6, 6.07) is 5.74. The number of carbonyl (C=O) groups is 1. The van der Waals surface area contributed by atoms with Gasteiger partial charge in [-0.25, -0.2) is 0 Å². The SMILES string of the molecule is Cc1ccc(C(=O)C2CCCc3sccc32)o1. The summed E-state index contributed by atoms with van der Waals surface area (Å²) >= 11 is 1.76. The van der Waals surface area contributed by atoms with Crippen LogP contribution in [-0.4, -0.2) is 5.78 Å². The van der Waals surface area contributed by atoms with Gasteiger partial charge in [-0.2, -0.15) is 0 Å². The van der Waals surface area contributed by atoms with E-state index in [2.05, 4.69) is 11.4 Å². The molecule has 2 aromatic heterocycles. The summed E-state index contributed by atoms with van der Waals surface area (Å²) in [7, 11) is 0. The molecule has 3 heteroatoms. The molecule has 17 heavy (non-hydrogen) atoms. The standard InChI is InChI=1S/C14H14O2S/c1-9-5-6-12(16-9)14(15)11-3-2-4-13-10(11)7-8-17-13/h5-8,11H,2-4H2,1H3. The molecule has 2 heterocycles. The number of carbonyl (C=O) groups excluding carboxylic acids is 1. The second kappa shape index (κ2) is 4.15. The first kappa shape index (κ1) is 10.8. The van der Waals surface area contributed by atoms with E-state index in [1.807, 2.05) is 13.0 Å². The first-order valence-corrected chi connectivity index (χ1v) is 6.80. The van der Waals surface area contributed by atoms with Gasteiger partial charge in [0, 0.05) is 4.88 Å². The van der Waals surface area contributed by atoms with Crippen molar-refractivity contribution in [2.45, 2.75) is 32.1 Å².